The predicted octanol–water partition coefficient (Wildman–Crippen LogP) is 4.07. The zero-order valence-corrected chi connectivity index (χ0v) is 17.3. The van der Waals surface area contributed by atoms with E-state index in [0.29, 0.717) is 4.90 Å². The summed E-state index contributed by atoms with van der Waals surface area (Å²) in [5, 5.41) is 2.97. The van der Waals surface area contributed by atoms with Crippen molar-refractivity contribution in [3.8, 4) is 11.1 Å². The average molecular weight is 414 g/mol. The summed E-state index contributed by atoms with van der Waals surface area (Å²) in [6, 6.07) is 15.3. The Hall–Kier alpha value is -2.22. The number of sulfonamides is 1. The first-order valence-electron chi connectivity index (χ1n) is 9.35. The van der Waals surface area contributed by atoms with Crippen molar-refractivity contribution in [1.82, 2.24) is 9.71 Å². The number of benzene rings is 2. The molecule has 0 spiro atoms. The van der Waals surface area contributed by atoms with E-state index in [-0.39, 0.29) is 6.04 Å². The van der Waals surface area contributed by atoms with Crippen molar-refractivity contribution in [2.75, 3.05) is 18.0 Å². The van der Waals surface area contributed by atoms with E-state index in [0.717, 1.165) is 42.2 Å². The van der Waals surface area contributed by atoms with Gasteiger partial charge in [0.1, 0.15) is 0 Å². The van der Waals surface area contributed by atoms with Gasteiger partial charge in [-0.3, -0.25) is 0 Å². The summed E-state index contributed by atoms with van der Waals surface area (Å²) in [7, 11) is -3.52. The van der Waals surface area contributed by atoms with E-state index in [1.807, 2.05) is 36.6 Å². The van der Waals surface area contributed by atoms with E-state index in [2.05, 4.69) is 26.7 Å². The minimum atomic E-state index is -3.52. The number of nitrogens with zero attached hydrogens (tertiary/aromatic N) is 2. The fourth-order valence-electron chi connectivity index (χ4n) is 3.42. The molecule has 3 aromatic rings. The summed E-state index contributed by atoms with van der Waals surface area (Å²) in [5.41, 5.74) is 3.29. The molecular formula is C21H23N3O2S2. The van der Waals surface area contributed by atoms with Crippen LogP contribution in [0.25, 0.3) is 11.1 Å². The molecule has 7 heteroatoms. The first-order valence-corrected chi connectivity index (χ1v) is 11.7. The third-order valence-electron chi connectivity index (χ3n) is 5.06. The zero-order valence-electron chi connectivity index (χ0n) is 15.7. The molecule has 0 bridgehead atoms. The maximum Gasteiger partial charge on any atom is 0.240 e. The van der Waals surface area contributed by atoms with Gasteiger partial charge in [0.05, 0.1) is 4.90 Å². The fourth-order valence-corrected chi connectivity index (χ4v) is 5.42. The lowest BCUT2D eigenvalue weighted by Gasteiger charge is -2.31. The highest BCUT2D eigenvalue weighted by molar-refractivity contribution is 7.89. The van der Waals surface area contributed by atoms with E-state index in [1.165, 1.54) is 5.56 Å². The van der Waals surface area contributed by atoms with Crippen LogP contribution >= 0.6 is 11.3 Å². The van der Waals surface area contributed by atoms with Gasteiger partial charge in [-0.15, -0.1) is 11.3 Å². The van der Waals surface area contributed by atoms with Crippen LogP contribution in [-0.2, 0) is 10.0 Å². The predicted molar refractivity (Wildman–Crippen MR) is 114 cm³/mol. The molecule has 28 heavy (non-hydrogen) atoms. The van der Waals surface area contributed by atoms with E-state index >= 15 is 0 Å². The molecule has 1 saturated heterocycles. The monoisotopic (exact) mass is 413 g/mol. The van der Waals surface area contributed by atoms with Crippen LogP contribution in [0.1, 0.15) is 18.4 Å². The van der Waals surface area contributed by atoms with Gasteiger partial charge in [0.15, 0.2) is 5.13 Å². The molecule has 0 atom stereocenters. The lowest BCUT2D eigenvalue weighted by Crippen LogP contribution is -2.44. The smallest absolute Gasteiger partial charge is 0.240 e. The molecule has 1 aromatic heterocycles. The summed E-state index contributed by atoms with van der Waals surface area (Å²) in [4.78, 5) is 6.86. The van der Waals surface area contributed by atoms with E-state index in [9.17, 15) is 8.42 Å². The number of nitrogens with one attached hydrogen (secondary N) is 1. The van der Waals surface area contributed by atoms with Crippen LogP contribution in [0.15, 0.2) is 65.0 Å². The van der Waals surface area contributed by atoms with E-state index < -0.39 is 10.0 Å². The van der Waals surface area contributed by atoms with Crippen molar-refractivity contribution in [1.29, 1.82) is 0 Å². The molecule has 0 saturated carbocycles. The molecule has 4 rings (SSSR count). The molecule has 1 aliphatic heterocycles. The molecule has 1 N–H and O–H groups in total. The third-order valence-corrected chi connectivity index (χ3v) is 7.42. The van der Waals surface area contributed by atoms with Gasteiger partial charge in [0.2, 0.25) is 10.0 Å². The second-order valence-corrected chi connectivity index (χ2v) is 9.67. The lowest BCUT2D eigenvalue weighted by molar-refractivity contribution is 0.460. The van der Waals surface area contributed by atoms with Crippen molar-refractivity contribution < 1.29 is 8.42 Å². The number of hydrogen-bond donors (Lipinski definition) is 1. The normalized spacial score (nSPS) is 15.7. The maximum atomic E-state index is 12.8. The van der Waals surface area contributed by atoms with Gasteiger partial charge >= 0.3 is 0 Å². The van der Waals surface area contributed by atoms with Gasteiger partial charge in [-0.25, -0.2) is 18.1 Å². The molecule has 0 radical (unpaired) electrons. The van der Waals surface area contributed by atoms with Crippen LogP contribution in [0.4, 0.5) is 5.13 Å². The van der Waals surface area contributed by atoms with Crippen LogP contribution in [0, 0.1) is 6.92 Å². The quantitative estimate of drug-likeness (QED) is 0.685. The Kier molecular flexibility index (Phi) is 5.48. The highest BCUT2D eigenvalue weighted by Gasteiger charge is 2.25. The molecule has 1 aliphatic rings. The Morgan fingerprint density at radius 2 is 1.61 bits per heavy atom. The van der Waals surface area contributed by atoms with Crippen LogP contribution in [-0.4, -0.2) is 32.5 Å². The molecule has 5 nitrogen and oxygen atoms in total. The topological polar surface area (TPSA) is 62.3 Å². The van der Waals surface area contributed by atoms with E-state index in [1.54, 1.807) is 29.7 Å². The summed E-state index contributed by atoms with van der Waals surface area (Å²) < 4.78 is 28.4. The zero-order chi connectivity index (χ0) is 19.6. The Labute approximate surface area is 170 Å². The molecular weight excluding hydrogens is 390 g/mol. The first kappa shape index (κ1) is 19.1. The minimum absolute atomic E-state index is 0.0435. The second-order valence-electron chi connectivity index (χ2n) is 7.09. The Balaban J connectivity index is 1.40. The van der Waals surface area contributed by atoms with Gasteiger partial charge < -0.3 is 4.90 Å². The third kappa shape index (κ3) is 4.27. The van der Waals surface area contributed by atoms with Gasteiger partial charge in [-0.05, 0) is 43.0 Å². The fraction of sp³-hybridized carbons (Fsp3) is 0.286. The second kappa shape index (κ2) is 8.03. The Bertz CT molecular complexity index is 1010. The van der Waals surface area contributed by atoms with Crippen LogP contribution in [0.5, 0.6) is 0 Å². The van der Waals surface area contributed by atoms with Gasteiger partial charge in [0, 0.05) is 30.7 Å². The standard InChI is InChI=1S/C21H23N3O2S2/c1-16-2-4-17(5-3-16)18-6-8-20(9-7-18)28(25,26)23-19-10-13-24(14-11-19)21-22-12-15-27-21/h2-9,12,15,19,23H,10-11,13-14H2,1H3. The lowest BCUT2D eigenvalue weighted by atomic mass is 10.0. The number of aromatic nitrogens is 1. The van der Waals surface area contributed by atoms with Crippen molar-refractivity contribution in [3.05, 3.63) is 65.7 Å². The molecule has 0 amide bonds. The highest BCUT2D eigenvalue weighted by Crippen LogP contribution is 2.24. The SMILES string of the molecule is Cc1ccc(-c2ccc(S(=O)(=O)NC3CCN(c4nccs4)CC3)cc2)cc1. The summed E-state index contributed by atoms with van der Waals surface area (Å²) in [6.07, 6.45) is 3.36. The molecule has 146 valence electrons. The van der Waals surface area contributed by atoms with Crippen LogP contribution < -0.4 is 9.62 Å². The largest absolute Gasteiger partial charge is 0.348 e. The number of rotatable bonds is 5. The van der Waals surface area contributed by atoms with Gasteiger partial charge in [0.25, 0.3) is 0 Å². The Morgan fingerprint density at radius 3 is 2.18 bits per heavy atom. The first-order chi connectivity index (χ1) is 13.5. The molecule has 1 fully saturated rings. The molecule has 2 heterocycles. The number of piperidine rings is 1. The average Bonchev–Trinajstić information content (AvgIpc) is 3.24. The summed E-state index contributed by atoms with van der Waals surface area (Å²) >= 11 is 1.62. The molecule has 0 aliphatic carbocycles. The summed E-state index contributed by atoms with van der Waals surface area (Å²) in [5.74, 6) is 0. The summed E-state index contributed by atoms with van der Waals surface area (Å²) in [6.45, 7) is 3.67. The van der Waals surface area contributed by atoms with Crippen LogP contribution in [0.2, 0.25) is 0 Å². The van der Waals surface area contributed by atoms with Crippen LogP contribution in [0.3, 0.4) is 0 Å². The number of aryl methyl sites for hydroxylation is 1. The Morgan fingerprint density at radius 1 is 1.00 bits per heavy atom. The van der Waals surface area contributed by atoms with Gasteiger partial charge in [-0.1, -0.05) is 42.0 Å². The van der Waals surface area contributed by atoms with Gasteiger partial charge in [-0.2, -0.15) is 0 Å². The highest BCUT2D eigenvalue weighted by atomic mass is 32.2. The van der Waals surface area contributed by atoms with Crippen molar-refractivity contribution in [3.63, 3.8) is 0 Å². The van der Waals surface area contributed by atoms with E-state index in [4.69, 9.17) is 0 Å². The minimum Gasteiger partial charge on any atom is -0.348 e. The van der Waals surface area contributed by atoms with Crippen molar-refractivity contribution in [2.45, 2.75) is 30.7 Å². The number of hydrogen-bond acceptors (Lipinski definition) is 5. The van der Waals surface area contributed by atoms with Crippen molar-refractivity contribution in [2.24, 2.45) is 0 Å². The number of anilines is 1. The number of thiazole rings is 1. The maximum absolute atomic E-state index is 12.8. The molecule has 2 aromatic carbocycles. The van der Waals surface area contributed by atoms with Crippen molar-refractivity contribution >= 4 is 26.5 Å². The molecule has 0 unspecified atom stereocenters.